The zero-order valence-corrected chi connectivity index (χ0v) is 25.0. The van der Waals surface area contributed by atoms with Gasteiger partial charge in [0.2, 0.25) is 0 Å². The van der Waals surface area contributed by atoms with Gasteiger partial charge in [-0.05, 0) is 94.3 Å². The first-order chi connectivity index (χ1) is 20.6. The molecule has 1 aliphatic rings. The van der Waals surface area contributed by atoms with Crippen LogP contribution < -0.4 is 16.0 Å². The zero-order valence-electron chi connectivity index (χ0n) is 25.0. The number of aryl methyl sites for hydroxylation is 1. The largest absolute Gasteiger partial charge is 0.465 e. The van der Waals surface area contributed by atoms with Crippen LogP contribution in [0.15, 0.2) is 82.0 Å². The number of oxazole rings is 1. The molecule has 1 aliphatic carbocycles. The monoisotopic (exact) mass is 581 g/mol. The standard InChI is InChI=1S/C35H39N3O5/c1-35(2,3)36-27-14-16-28(17-15-27)38(33(40)41)30-18-12-24(21-29(30)26-10-5-4-6-11-26)9-7-8-20-37-31-19-13-25(23-39)22-32(31)43-34(37)42/h4-7,9-13,18-19,21-23,27-28,36H,8,14-17,20H2,1-3H3,(H,40,41). The topological polar surface area (TPSA) is 105 Å². The third kappa shape index (κ3) is 7.14. The number of nitrogens with one attached hydrogen (secondary N) is 1. The number of aromatic nitrogens is 1. The number of hydrogen-bond acceptors (Lipinski definition) is 5. The number of anilines is 1. The molecule has 1 heterocycles. The van der Waals surface area contributed by atoms with Crippen molar-refractivity contribution in [2.75, 3.05) is 4.90 Å². The molecule has 3 aromatic carbocycles. The highest BCUT2D eigenvalue weighted by Crippen LogP contribution is 2.36. The van der Waals surface area contributed by atoms with Crippen LogP contribution in [0.5, 0.6) is 0 Å². The molecular weight excluding hydrogens is 542 g/mol. The summed E-state index contributed by atoms with van der Waals surface area (Å²) in [5, 5.41) is 14.1. The second-order valence-corrected chi connectivity index (χ2v) is 12.3. The van der Waals surface area contributed by atoms with Crippen molar-refractivity contribution in [1.82, 2.24) is 9.88 Å². The fraction of sp³-hybridized carbons (Fsp3) is 0.343. The first-order valence-electron chi connectivity index (χ1n) is 14.9. The second-order valence-electron chi connectivity index (χ2n) is 12.3. The van der Waals surface area contributed by atoms with Gasteiger partial charge in [0.05, 0.1) is 11.2 Å². The molecular formula is C35H39N3O5. The van der Waals surface area contributed by atoms with Gasteiger partial charge in [0.15, 0.2) is 5.58 Å². The molecule has 1 aromatic heterocycles. The van der Waals surface area contributed by atoms with Crippen LogP contribution in [0.25, 0.3) is 28.3 Å². The van der Waals surface area contributed by atoms with Crippen molar-refractivity contribution in [3.05, 3.63) is 94.5 Å². The van der Waals surface area contributed by atoms with Crippen LogP contribution in [-0.4, -0.2) is 39.7 Å². The van der Waals surface area contributed by atoms with Crippen molar-refractivity contribution < 1.29 is 19.1 Å². The van der Waals surface area contributed by atoms with E-state index in [4.69, 9.17) is 4.42 Å². The van der Waals surface area contributed by atoms with Gasteiger partial charge in [-0.3, -0.25) is 14.3 Å². The van der Waals surface area contributed by atoms with Gasteiger partial charge < -0.3 is 14.8 Å². The molecule has 0 saturated heterocycles. The third-order valence-corrected chi connectivity index (χ3v) is 7.93. The summed E-state index contributed by atoms with van der Waals surface area (Å²) in [7, 11) is 0. The van der Waals surface area contributed by atoms with E-state index < -0.39 is 11.8 Å². The van der Waals surface area contributed by atoms with Gasteiger partial charge in [0, 0.05) is 35.3 Å². The molecule has 1 amide bonds. The first-order valence-corrected chi connectivity index (χ1v) is 14.9. The Morgan fingerprint density at radius 3 is 2.42 bits per heavy atom. The quantitative estimate of drug-likeness (QED) is 0.200. The SMILES string of the molecule is CC(C)(C)NC1CCC(N(C(=O)O)c2ccc(C=CCCn3c(=O)oc4cc(C=O)ccc43)cc2-c2ccccc2)CC1. The minimum atomic E-state index is -0.939. The molecule has 0 unspecified atom stereocenters. The van der Waals surface area contributed by atoms with Gasteiger partial charge in [-0.1, -0.05) is 48.6 Å². The Kier molecular flexibility index (Phi) is 8.97. The van der Waals surface area contributed by atoms with E-state index in [2.05, 4.69) is 26.1 Å². The average molecular weight is 582 g/mol. The number of amides is 1. The lowest BCUT2D eigenvalue weighted by atomic mass is 9.88. The van der Waals surface area contributed by atoms with E-state index in [1.807, 2.05) is 60.7 Å². The maximum absolute atomic E-state index is 12.7. The lowest BCUT2D eigenvalue weighted by Crippen LogP contribution is -2.49. The number of aldehydes is 1. The van der Waals surface area contributed by atoms with Gasteiger partial charge in [-0.2, -0.15) is 0 Å². The highest BCUT2D eigenvalue weighted by molar-refractivity contribution is 5.94. The van der Waals surface area contributed by atoms with E-state index in [0.29, 0.717) is 41.4 Å². The van der Waals surface area contributed by atoms with Crippen LogP contribution in [0.2, 0.25) is 0 Å². The summed E-state index contributed by atoms with van der Waals surface area (Å²) in [5.41, 5.74) is 4.96. The summed E-state index contributed by atoms with van der Waals surface area (Å²) in [6, 6.07) is 21.0. The molecule has 8 heteroatoms. The van der Waals surface area contributed by atoms with Crippen LogP contribution in [0.4, 0.5) is 10.5 Å². The van der Waals surface area contributed by atoms with Gasteiger partial charge >= 0.3 is 11.8 Å². The fourth-order valence-corrected chi connectivity index (χ4v) is 6.05. The van der Waals surface area contributed by atoms with Gasteiger partial charge in [-0.15, -0.1) is 0 Å². The molecule has 2 N–H and O–H groups in total. The number of allylic oxidation sites excluding steroid dienone is 1. The Balaban J connectivity index is 1.36. The molecule has 0 spiro atoms. The second kappa shape index (κ2) is 12.8. The van der Waals surface area contributed by atoms with E-state index in [9.17, 15) is 19.5 Å². The molecule has 224 valence electrons. The molecule has 5 rings (SSSR count). The predicted molar refractivity (Wildman–Crippen MR) is 171 cm³/mol. The smallest absolute Gasteiger partial charge is 0.419 e. The lowest BCUT2D eigenvalue weighted by molar-refractivity contribution is 0.112. The number of hydrogen-bond donors (Lipinski definition) is 2. The van der Waals surface area contributed by atoms with Crippen molar-refractivity contribution in [2.24, 2.45) is 0 Å². The number of fused-ring (bicyclic) bond motifs is 1. The molecule has 0 radical (unpaired) electrons. The molecule has 0 bridgehead atoms. The van der Waals surface area contributed by atoms with Crippen LogP contribution in [0, 0.1) is 0 Å². The molecule has 0 aliphatic heterocycles. The predicted octanol–water partition coefficient (Wildman–Crippen LogP) is 7.36. The highest BCUT2D eigenvalue weighted by atomic mass is 16.4. The summed E-state index contributed by atoms with van der Waals surface area (Å²) in [4.78, 5) is 37.7. The maximum Gasteiger partial charge on any atom is 0.419 e. The van der Waals surface area contributed by atoms with E-state index in [1.54, 1.807) is 27.7 Å². The van der Waals surface area contributed by atoms with Crippen molar-refractivity contribution >= 4 is 35.2 Å². The number of benzene rings is 3. The molecule has 1 saturated carbocycles. The summed E-state index contributed by atoms with van der Waals surface area (Å²) in [6.45, 7) is 6.91. The van der Waals surface area contributed by atoms with Crippen molar-refractivity contribution in [3.8, 4) is 11.1 Å². The summed E-state index contributed by atoms with van der Waals surface area (Å²) >= 11 is 0. The van der Waals surface area contributed by atoms with E-state index in [1.165, 1.54) is 0 Å². The first kappa shape index (κ1) is 30.0. The summed E-state index contributed by atoms with van der Waals surface area (Å²) < 4.78 is 6.88. The van der Waals surface area contributed by atoms with Crippen LogP contribution >= 0.6 is 0 Å². The Bertz CT molecular complexity index is 1670. The number of rotatable bonds is 9. The third-order valence-electron chi connectivity index (χ3n) is 7.93. The highest BCUT2D eigenvalue weighted by Gasteiger charge is 2.32. The molecule has 4 aromatic rings. The van der Waals surface area contributed by atoms with E-state index in [0.717, 1.165) is 48.7 Å². The summed E-state index contributed by atoms with van der Waals surface area (Å²) in [5.74, 6) is -0.459. The molecule has 1 fully saturated rings. The van der Waals surface area contributed by atoms with Gasteiger partial charge in [0.25, 0.3) is 0 Å². The lowest BCUT2D eigenvalue weighted by Gasteiger charge is -2.38. The molecule has 43 heavy (non-hydrogen) atoms. The maximum atomic E-state index is 12.7. The van der Waals surface area contributed by atoms with E-state index >= 15 is 0 Å². The van der Waals surface area contributed by atoms with Gasteiger partial charge in [0.1, 0.15) is 6.29 Å². The van der Waals surface area contributed by atoms with Crippen molar-refractivity contribution in [2.45, 2.75) is 77.0 Å². The van der Waals surface area contributed by atoms with Crippen LogP contribution in [0.3, 0.4) is 0 Å². The molecule has 8 nitrogen and oxygen atoms in total. The van der Waals surface area contributed by atoms with Crippen LogP contribution in [0.1, 0.15) is 68.8 Å². The minimum absolute atomic E-state index is 0.0250. The number of carboxylic acid groups (broad SMARTS) is 1. The Morgan fingerprint density at radius 2 is 1.74 bits per heavy atom. The average Bonchev–Trinajstić information content (AvgIpc) is 3.30. The Hall–Kier alpha value is -4.43. The normalized spacial score (nSPS) is 17.4. The number of nitrogens with zero attached hydrogens (tertiary/aromatic N) is 2. The van der Waals surface area contributed by atoms with Crippen LogP contribution in [-0.2, 0) is 6.54 Å². The fourth-order valence-electron chi connectivity index (χ4n) is 6.05. The Morgan fingerprint density at radius 1 is 1.02 bits per heavy atom. The number of carbonyl (C=O) groups is 2. The van der Waals surface area contributed by atoms with Crippen molar-refractivity contribution in [1.29, 1.82) is 0 Å². The number of carbonyl (C=O) groups excluding carboxylic acids is 1. The van der Waals surface area contributed by atoms with Gasteiger partial charge in [-0.25, -0.2) is 9.59 Å². The zero-order chi connectivity index (χ0) is 30.6. The van der Waals surface area contributed by atoms with E-state index in [-0.39, 0.29) is 11.6 Å². The Labute approximate surface area is 251 Å². The molecule has 0 atom stereocenters. The van der Waals surface area contributed by atoms with Crippen molar-refractivity contribution in [3.63, 3.8) is 0 Å². The summed E-state index contributed by atoms with van der Waals surface area (Å²) in [6.07, 6.45) is 7.81. The minimum Gasteiger partial charge on any atom is -0.465 e.